The summed E-state index contributed by atoms with van der Waals surface area (Å²) in [4.78, 5) is 14.0. The first kappa shape index (κ1) is 16.0. The van der Waals surface area contributed by atoms with Crippen LogP contribution >= 0.6 is 11.6 Å². The maximum atomic E-state index is 11.9. The number of hydrogen-bond donors (Lipinski definition) is 0. The molecule has 3 rings (SSSR count). The summed E-state index contributed by atoms with van der Waals surface area (Å²) in [5.74, 6) is 0.443. The molecule has 0 aliphatic carbocycles. The molecule has 1 aliphatic heterocycles. The van der Waals surface area contributed by atoms with Crippen LogP contribution in [-0.2, 0) is 18.4 Å². The Bertz CT molecular complexity index is 718. The number of aryl methyl sites for hydroxylation is 1. The van der Waals surface area contributed by atoms with Crippen molar-refractivity contribution in [3.8, 4) is 0 Å². The molecule has 0 N–H and O–H groups in total. The number of nitrogens with zero attached hydrogens (tertiary/aromatic N) is 3. The number of halogens is 1. The average Bonchev–Trinajstić information content (AvgIpc) is 3.02. The van der Waals surface area contributed by atoms with E-state index in [1.54, 1.807) is 13.2 Å². The Kier molecular flexibility index (Phi) is 4.98. The van der Waals surface area contributed by atoms with Crippen molar-refractivity contribution in [3.05, 3.63) is 57.5 Å². The van der Waals surface area contributed by atoms with E-state index in [9.17, 15) is 4.79 Å². The lowest BCUT2D eigenvalue weighted by molar-refractivity contribution is 0.0929. The number of anilines is 1. The van der Waals surface area contributed by atoms with E-state index in [4.69, 9.17) is 16.3 Å². The fraction of sp³-hybridized carbons (Fsp3) is 0.412. The van der Waals surface area contributed by atoms with Gasteiger partial charge < -0.3 is 9.64 Å². The minimum Gasteiger partial charge on any atom is -0.376 e. The standard InChI is InChI=1S/C17H20ClN3O2/c1-20-17(22)16(18)15(9-19-20)21-8-7-14(10-21)12-23-11-13-5-3-2-4-6-13/h2-6,9,14H,7-8,10-12H2,1H3. The van der Waals surface area contributed by atoms with Gasteiger partial charge in [0, 0.05) is 26.1 Å². The Morgan fingerprint density at radius 1 is 1.35 bits per heavy atom. The van der Waals surface area contributed by atoms with Crippen molar-refractivity contribution < 1.29 is 4.74 Å². The Hall–Kier alpha value is -1.85. The molecule has 1 fully saturated rings. The largest absolute Gasteiger partial charge is 0.376 e. The predicted molar refractivity (Wildman–Crippen MR) is 90.9 cm³/mol. The molecule has 0 saturated carbocycles. The fourth-order valence-electron chi connectivity index (χ4n) is 2.83. The molecular weight excluding hydrogens is 314 g/mol. The Morgan fingerprint density at radius 3 is 2.91 bits per heavy atom. The van der Waals surface area contributed by atoms with Gasteiger partial charge in [-0.05, 0) is 12.0 Å². The number of benzene rings is 1. The molecule has 0 spiro atoms. The molecule has 23 heavy (non-hydrogen) atoms. The highest BCUT2D eigenvalue weighted by atomic mass is 35.5. The van der Waals surface area contributed by atoms with E-state index in [1.165, 1.54) is 10.2 Å². The van der Waals surface area contributed by atoms with Crippen molar-refractivity contribution in [1.29, 1.82) is 0 Å². The first-order chi connectivity index (χ1) is 11.1. The van der Waals surface area contributed by atoms with Gasteiger partial charge in [-0.25, -0.2) is 4.68 Å². The molecule has 0 amide bonds. The van der Waals surface area contributed by atoms with Crippen LogP contribution in [0.4, 0.5) is 5.69 Å². The molecule has 1 aliphatic rings. The summed E-state index contributed by atoms with van der Waals surface area (Å²) >= 11 is 6.16. The molecule has 0 radical (unpaired) electrons. The predicted octanol–water partition coefficient (Wildman–Crippen LogP) is 2.48. The number of rotatable bonds is 5. The summed E-state index contributed by atoms with van der Waals surface area (Å²) in [6, 6.07) is 10.2. The molecule has 6 heteroatoms. The van der Waals surface area contributed by atoms with Crippen LogP contribution in [0.1, 0.15) is 12.0 Å². The highest BCUT2D eigenvalue weighted by Gasteiger charge is 2.25. The maximum absolute atomic E-state index is 11.9. The lowest BCUT2D eigenvalue weighted by Gasteiger charge is -2.19. The van der Waals surface area contributed by atoms with Gasteiger partial charge in [0.05, 0.1) is 25.1 Å². The van der Waals surface area contributed by atoms with Crippen LogP contribution in [0, 0.1) is 5.92 Å². The van der Waals surface area contributed by atoms with Crippen LogP contribution in [0.15, 0.2) is 41.3 Å². The first-order valence-electron chi connectivity index (χ1n) is 7.73. The molecule has 1 atom stereocenters. The van der Waals surface area contributed by atoms with E-state index in [0.717, 1.165) is 25.2 Å². The minimum atomic E-state index is -0.257. The van der Waals surface area contributed by atoms with Gasteiger partial charge in [0.15, 0.2) is 0 Å². The van der Waals surface area contributed by atoms with E-state index < -0.39 is 0 Å². The van der Waals surface area contributed by atoms with Gasteiger partial charge in [-0.2, -0.15) is 5.10 Å². The SMILES string of the molecule is Cn1ncc(N2CCC(COCc3ccccc3)C2)c(Cl)c1=O. The molecule has 1 aromatic carbocycles. The summed E-state index contributed by atoms with van der Waals surface area (Å²) in [7, 11) is 1.60. The van der Waals surface area contributed by atoms with Crippen molar-refractivity contribution >= 4 is 17.3 Å². The summed E-state index contributed by atoms with van der Waals surface area (Å²) in [5.41, 5.74) is 1.65. The molecule has 5 nitrogen and oxygen atoms in total. The zero-order valence-electron chi connectivity index (χ0n) is 13.1. The van der Waals surface area contributed by atoms with Crippen LogP contribution in [0.2, 0.25) is 5.02 Å². The third-order valence-electron chi connectivity index (χ3n) is 4.15. The van der Waals surface area contributed by atoms with Crippen molar-refractivity contribution in [2.45, 2.75) is 13.0 Å². The normalized spacial score (nSPS) is 17.7. The van der Waals surface area contributed by atoms with Crippen LogP contribution < -0.4 is 10.5 Å². The maximum Gasteiger partial charge on any atom is 0.287 e. The Labute approximate surface area is 140 Å². The van der Waals surface area contributed by atoms with Gasteiger partial charge in [0.25, 0.3) is 5.56 Å². The molecular formula is C17H20ClN3O2. The third kappa shape index (κ3) is 3.74. The van der Waals surface area contributed by atoms with Crippen molar-refractivity contribution in [1.82, 2.24) is 9.78 Å². The summed E-state index contributed by atoms with van der Waals surface area (Å²) in [6.45, 7) is 3.05. The topological polar surface area (TPSA) is 47.4 Å². The lowest BCUT2D eigenvalue weighted by Crippen LogP contribution is -2.27. The van der Waals surface area contributed by atoms with E-state index in [1.807, 2.05) is 18.2 Å². The van der Waals surface area contributed by atoms with Gasteiger partial charge in [0.2, 0.25) is 0 Å². The van der Waals surface area contributed by atoms with Crippen LogP contribution in [-0.4, -0.2) is 29.5 Å². The van der Waals surface area contributed by atoms with Gasteiger partial charge in [-0.15, -0.1) is 0 Å². The summed E-state index contributed by atoms with van der Waals surface area (Å²) in [6.07, 6.45) is 2.69. The van der Waals surface area contributed by atoms with E-state index in [2.05, 4.69) is 22.1 Å². The number of hydrogen-bond acceptors (Lipinski definition) is 4. The quantitative estimate of drug-likeness (QED) is 0.843. The van der Waals surface area contributed by atoms with Crippen LogP contribution in [0.3, 0.4) is 0 Å². The van der Waals surface area contributed by atoms with E-state index >= 15 is 0 Å². The number of ether oxygens (including phenoxy) is 1. The third-order valence-corrected chi connectivity index (χ3v) is 4.51. The van der Waals surface area contributed by atoms with Crippen molar-refractivity contribution in [2.75, 3.05) is 24.6 Å². The monoisotopic (exact) mass is 333 g/mol. The minimum absolute atomic E-state index is 0.244. The average molecular weight is 334 g/mol. The zero-order valence-corrected chi connectivity index (χ0v) is 13.9. The zero-order chi connectivity index (χ0) is 16.2. The molecule has 1 aromatic heterocycles. The molecule has 1 unspecified atom stereocenters. The second-order valence-corrected chi connectivity index (χ2v) is 6.25. The van der Waals surface area contributed by atoms with Gasteiger partial charge in [-0.3, -0.25) is 4.79 Å². The first-order valence-corrected chi connectivity index (χ1v) is 8.11. The van der Waals surface area contributed by atoms with Gasteiger partial charge >= 0.3 is 0 Å². The van der Waals surface area contributed by atoms with E-state index in [-0.39, 0.29) is 10.6 Å². The Morgan fingerprint density at radius 2 is 2.13 bits per heavy atom. The highest BCUT2D eigenvalue weighted by Crippen LogP contribution is 2.27. The van der Waals surface area contributed by atoms with Gasteiger partial charge in [-0.1, -0.05) is 41.9 Å². The second kappa shape index (κ2) is 7.15. The second-order valence-electron chi connectivity index (χ2n) is 5.87. The van der Waals surface area contributed by atoms with Crippen LogP contribution in [0.25, 0.3) is 0 Å². The summed E-state index contributed by atoms with van der Waals surface area (Å²) < 4.78 is 7.07. The Balaban J connectivity index is 1.55. The van der Waals surface area contributed by atoms with Crippen molar-refractivity contribution in [3.63, 3.8) is 0 Å². The molecule has 1 saturated heterocycles. The molecule has 2 heterocycles. The molecule has 0 bridgehead atoms. The lowest BCUT2D eigenvalue weighted by atomic mass is 10.1. The molecule has 2 aromatic rings. The highest BCUT2D eigenvalue weighted by molar-refractivity contribution is 6.33. The molecule has 122 valence electrons. The smallest absolute Gasteiger partial charge is 0.287 e. The fourth-order valence-corrected chi connectivity index (χ4v) is 3.12. The number of aromatic nitrogens is 2. The van der Waals surface area contributed by atoms with Crippen molar-refractivity contribution in [2.24, 2.45) is 13.0 Å². The van der Waals surface area contributed by atoms with E-state index in [0.29, 0.717) is 19.1 Å². The summed E-state index contributed by atoms with van der Waals surface area (Å²) in [5, 5.41) is 4.30. The van der Waals surface area contributed by atoms with Crippen LogP contribution in [0.5, 0.6) is 0 Å². The van der Waals surface area contributed by atoms with Gasteiger partial charge in [0.1, 0.15) is 5.02 Å².